The van der Waals surface area contributed by atoms with Crippen molar-refractivity contribution < 1.29 is 76.9 Å². The number of Topliss-reactive ketones (excluding diaryl/α,β-unsaturated/α-hetero) is 1. The summed E-state index contributed by atoms with van der Waals surface area (Å²) in [5.74, 6) is -5.19. The number of hydrogen-bond donors (Lipinski definition) is 7. The SMILES string of the molecule is CC[C@H](C)[C@@H]([C@@H](CC(=O)N1CCC[C@H]1[C@H](OC)[C@@H](C)C(=O)N[C@H](C)[C@@H](O)c1ccccc1)OC)N(C)C(=O)[C@@H](NC(=O)[C@H](C(C)C)N(C)C(=O)OCc1ccc(NC(=O)[C@H](CCCNC(N)=O)CC(=O)[C@@H](NC(=O)CSCCC(=O)N2CN(C(=O)CCSC)CN(C(=O)CCSC)C2)C(C)C)cc1)C(C)C. The number of nitrogens with zero attached hydrogens (tertiary/aromatic N) is 6. The number of carbonyl (C=O) groups is 12. The zero-order valence-electron chi connectivity index (χ0n) is 65.1. The van der Waals surface area contributed by atoms with Gasteiger partial charge in [-0.25, -0.2) is 9.59 Å². The third-order valence-electron chi connectivity index (χ3n) is 19.7. The second kappa shape index (κ2) is 46.2. The lowest BCUT2D eigenvalue weighted by Crippen LogP contribution is -2.60. The van der Waals surface area contributed by atoms with E-state index < -0.39 is 120 Å². The van der Waals surface area contributed by atoms with Gasteiger partial charge in [0.2, 0.25) is 53.2 Å². The predicted molar refractivity (Wildman–Crippen MR) is 413 cm³/mol. The minimum atomic E-state index is -1.09. The average Bonchev–Trinajstić information content (AvgIpc) is 1.43. The summed E-state index contributed by atoms with van der Waals surface area (Å²) < 4.78 is 17.8. The summed E-state index contributed by atoms with van der Waals surface area (Å²) in [6, 6.07) is 9.93. The number of likely N-dealkylation sites (N-methyl/N-ethyl adjacent to an activating group) is 2. The molecule has 4 rings (SSSR count). The van der Waals surface area contributed by atoms with Gasteiger partial charge in [-0.1, -0.05) is 111 Å². The van der Waals surface area contributed by atoms with Crippen molar-refractivity contribution in [1.29, 1.82) is 0 Å². The van der Waals surface area contributed by atoms with Crippen LogP contribution in [0, 0.1) is 35.5 Å². The number of ketones is 1. The molecule has 12 amide bonds. The number of nitrogens with one attached hydrogen (secondary N) is 5. The molecule has 0 radical (unpaired) electrons. The number of anilines is 1. The largest absolute Gasteiger partial charge is 0.445 e. The molecule has 0 unspecified atom stereocenters. The van der Waals surface area contributed by atoms with Crippen LogP contribution in [-0.2, 0) is 68.8 Å². The lowest BCUT2D eigenvalue weighted by atomic mass is 9.89. The third-order valence-corrected chi connectivity index (χ3v) is 21.8. The Morgan fingerprint density at radius 1 is 0.670 bits per heavy atom. The van der Waals surface area contributed by atoms with E-state index in [1.54, 1.807) is 109 Å². The molecule has 0 bridgehead atoms. The van der Waals surface area contributed by atoms with Gasteiger partial charge in [-0.15, -0.1) is 0 Å². The van der Waals surface area contributed by atoms with Crippen LogP contribution >= 0.6 is 35.3 Å². The Bertz CT molecular complexity index is 3170. The van der Waals surface area contributed by atoms with E-state index in [0.717, 1.165) is 0 Å². The number of rotatable bonds is 44. The number of methoxy groups -OCH3 is 2. The Kier molecular flexibility index (Phi) is 39.8. The van der Waals surface area contributed by atoms with Crippen molar-refractivity contribution in [1.82, 2.24) is 50.7 Å². The van der Waals surface area contributed by atoms with Gasteiger partial charge in [-0.2, -0.15) is 35.3 Å². The fraction of sp³-hybridized carbons (Fsp3) is 0.680. The van der Waals surface area contributed by atoms with Crippen LogP contribution in [0.3, 0.4) is 0 Å². The van der Waals surface area contributed by atoms with Gasteiger partial charge in [-0.3, -0.25) is 52.8 Å². The molecule has 28 nitrogen and oxygen atoms in total. The number of ether oxygens (including phenoxy) is 3. The highest BCUT2D eigenvalue weighted by atomic mass is 32.2. The number of aliphatic hydroxyl groups is 1. The van der Waals surface area contributed by atoms with E-state index in [-0.39, 0.29) is 131 Å². The van der Waals surface area contributed by atoms with Crippen LogP contribution in [0.1, 0.15) is 151 Å². The fourth-order valence-electron chi connectivity index (χ4n) is 13.4. The van der Waals surface area contributed by atoms with Crippen molar-refractivity contribution in [3.8, 4) is 0 Å². The normalized spacial score (nSPS) is 17.0. The summed E-state index contributed by atoms with van der Waals surface area (Å²) in [6.45, 7) is 18.6. The highest BCUT2D eigenvalue weighted by molar-refractivity contribution is 8.00. The third kappa shape index (κ3) is 28.1. The number of benzene rings is 2. The molecule has 2 aromatic rings. The van der Waals surface area contributed by atoms with E-state index in [2.05, 4.69) is 26.6 Å². The van der Waals surface area contributed by atoms with Gasteiger partial charge < -0.3 is 76.1 Å². The lowest BCUT2D eigenvalue weighted by Gasteiger charge is -2.42. The molecule has 2 aliphatic heterocycles. The molecule has 8 N–H and O–H groups in total. The summed E-state index contributed by atoms with van der Waals surface area (Å²) in [5.41, 5.74) is 6.85. The van der Waals surface area contributed by atoms with Gasteiger partial charge in [-0.05, 0) is 92.0 Å². The number of primary amides is 1. The quantitative estimate of drug-likeness (QED) is 0.0340. The Hall–Kier alpha value is -7.19. The number of nitrogens with two attached hydrogens (primary N) is 1. The standard InChI is InChI=1S/C75H120N12O16S3/c1-17-49(8)67(58(101-13)40-63(93)87-35-22-26-56(87)69(102-14)50(9)70(95)78-51(10)68(94)53-23-19-18-20-24-53)82(11)73(98)65(47(4)5)81-72(97)66(48(6)7)83(12)75(100)103-41-52-27-29-55(30-28-52)79-71(96)54(25-21-34-77-74(76)99)39-57(88)64(46(2)3)80-59(89)42-106-38-33-62(92)86-44-84(60(90)31-36-104-15)43-85(45-86)61(91)32-37-105-16/h18-20,23-24,27-30,46-51,54,56,58,64-69,94H,17,21-22,25-26,31-45H2,1-16H3,(H,78,95)(H,79,96)(H,80,89)(H,81,97)(H3,76,77,99)/t49-,50+,51+,54+,56-,58+,64-,65-,66-,67-,68+,69+/m0/s1. The summed E-state index contributed by atoms with van der Waals surface area (Å²) >= 11 is 4.25. The zero-order valence-corrected chi connectivity index (χ0v) is 67.5. The molecule has 12 atom stereocenters. The van der Waals surface area contributed by atoms with E-state index in [4.69, 9.17) is 19.9 Å². The topological polar surface area (TPSA) is 358 Å². The van der Waals surface area contributed by atoms with Crippen LogP contribution in [-0.4, -0.2) is 251 Å². The molecule has 594 valence electrons. The molecule has 2 heterocycles. The van der Waals surface area contributed by atoms with E-state index >= 15 is 0 Å². The molecule has 0 aliphatic carbocycles. The van der Waals surface area contributed by atoms with Crippen LogP contribution in [0.2, 0.25) is 0 Å². The summed E-state index contributed by atoms with van der Waals surface area (Å²) in [4.78, 5) is 173. The molecule has 0 spiro atoms. The average molecular weight is 1540 g/mol. The smallest absolute Gasteiger partial charge is 0.410 e. The van der Waals surface area contributed by atoms with Gasteiger partial charge in [0.25, 0.3) is 0 Å². The van der Waals surface area contributed by atoms with Gasteiger partial charge in [0, 0.05) is 96.0 Å². The van der Waals surface area contributed by atoms with Crippen molar-refractivity contribution in [3.05, 3.63) is 65.7 Å². The van der Waals surface area contributed by atoms with Gasteiger partial charge in [0.1, 0.15) is 18.7 Å². The van der Waals surface area contributed by atoms with Crippen LogP contribution in [0.4, 0.5) is 15.3 Å². The Labute approximate surface area is 640 Å². The maximum absolute atomic E-state index is 14.9. The van der Waals surface area contributed by atoms with Crippen molar-refractivity contribution in [2.75, 3.05) is 102 Å². The predicted octanol–water partition coefficient (Wildman–Crippen LogP) is 6.68. The highest BCUT2D eigenvalue weighted by Crippen LogP contribution is 2.31. The first-order valence-corrected chi connectivity index (χ1v) is 40.7. The summed E-state index contributed by atoms with van der Waals surface area (Å²) in [7, 11) is 6.08. The molecule has 2 aromatic carbocycles. The van der Waals surface area contributed by atoms with Crippen molar-refractivity contribution in [3.63, 3.8) is 0 Å². The van der Waals surface area contributed by atoms with E-state index in [1.807, 2.05) is 44.6 Å². The molecule has 2 fully saturated rings. The fourth-order valence-corrected chi connectivity index (χ4v) is 14.8. The molecule has 2 saturated heterocycles. The molecule has 31 heteroatoms. The molecular formula is C75H120N12O16S3. The number of carbonyl (C=O) groups excluding carboxylic acids is 12. The van der Waals surface area contributed by atoms with Crippen LogP contribution in [0.15, 0.2) is 54.6 Å². The first-order chi connectivity index (χ1) is 50.2. The van der Waals surface area contributed by atoms with E-state index in [9.17, 15) is 62.6 Å². The minimum Gasteiger partial charge on any atom is -0.445 e. The van der Waals surface area contributed by atoms with E-state index in [1.165, 1.54) is 76.2 Å². The summed E-state index contributed by atoms with van der Waals surface area (Å²) in [6.07, 6.45) is 3.12. The van der Waals surface area contributed by atoms with E-state index in [0.29, 0.717) is 54.1 Å². The van der Waals surface area contributed by atoms with Gasteiger partial charge in [0.15, 0.2) is 5.78 Å². The Balaban J connectivity index is 1.37. The number of thioether (sulfide) groups is 3. The molecule has 106 heavy (non-hydrogen) atoms. The number of hydrogen-bond acceptors (Lipinski definition) is 19. The second-order valence-corrected chi connectivity index (χ2v) is 31.7. The van der Waals surface area contributed by atoms with Crippen LogP contribution < -0.4 is 32.3 Å². The number of aliphatic hydroxyl groups excluding tert-OH is 1. The van der Waals surface area contributed by atoms with Gasteiger partial charge in [0.05, 0.1) is 80.6 Å². The first kappa shape index (κ1) is 91.2. The molecular weight excluding hydrogens is 1420 g/mol. The molecule has 0 aromatic heterocycles. The van der Waals surface area contributed by atoms with Crippen molar-refractivity contribution >= 4 is 112 Å². The second-order valence-electron chi connectivity index (χ2n) is 28.6. The lowest BCUT2D eigenvalue weighted by molar-refractivity contribution is -0.158. The number of likely N-dealkylation sites (tertiary alicyclic amines) is 1. The van der Waals surface area contributed by atoms with Crippen LogP contribution in [0.25, 0.3) is 0 Å². The number of amides is 12. The highest BCUT2D eigenvalue weighted by Gasteiger charge is 2.44. The molecule has 0 saturated carbocycles. The minimum absolute atomic E-state index is 0.0364. The van der Waals surface area contributed by atoms with Crippen LogP contribution in [0.5, 0.6) is 0 Å². The monoisotopic (exact) mass is 1540 g/mol. The Morgan fingerprint density at radius 2 is 1.25 bits per heavy atom. The first-order valence-electron chi connectivity index (χ1n) is 36.7. The zero-order chi connectivity index (χ0) is 79.1. The van der Waals surface area contributed by atoms with Crippen molar-refractivity contribution in [2.45, 2.75) is 195 Å². The number of urea groups is 1. The van der Waals surface area contributed by atoms with Gasteiger partial charge >= 0.3 is 12.1 Å². The summed E-state index contributed by atoms with van der Waals surface area (Å²) in [5, 5.41) is 25.1. The van der Waals surface area contributed by atoms with Crippen molar-refractivity contribution in [2.24, 2.45) is 41.2 Å². The maximum atomic E-state index is 14.9. The molecule has 2 aliphatic rings. The Morgan fingerprint density at radius 3 is 1.76 bits per heavy atom. The maximum Gasteiger partial charge on any atom is 0.410 e.